The first-order valence-electron chi connectivity index (χ1n) is 2.18. The van der Waals surface area contributed by atoms with Crippen molar-refractivity contribution >= 4 is 0 Å². The fraction of sp³-hybridized carbons (Fsp3) is 1.00. The van der Waals surface area contributed by atoms with Gasteiger partial charge in [0.1, 0.15) is 0 Å². The second-order valence-corrected chi connectivity index (χ2v) is 4.66. The molecule has 1 atom stereocenters. The molecule has 1 aliphatic heterocycles. The maximum absolute atomic E-state index is 10.3. The van der Waals surface area contributed by atoms with Crippen LogP contribution in [0.5, 0.6) is 0 Å². The zero-order valence-corrected chi connectivity index (χ0v) is 6.33. The standard InChI is InChI=1S/C3H6O2.Mo.2O/c1-3(5)2-4;;;/h3H,2H2,1H3;;;/q-2;+2;;. The summed E-state index contributed by atoms with van der Waals surface area (Å²) in [4.78, 5) is 0. The average molecular weight is 202 g/mol. The molecule has 1 unspecified atom stereocenters. The Labute approximate surface area is 50.5 Å². The zero-order chi connectivity index (χ0) is 6.20. The molecular weight excluding hydrogens is 196 g/mol. The van der Waals surface area contributed by atoms with E-state index in [2.05, 4.69) is 6.78 Å². The average Bonchev–Trinajstić information content (AvgIpc) is 1.82. The van der Waals surface area contributed by atoms with E-state index in [-0.39, 0.29) is 12.7 Å². The Morgan fingerprint density at radius 2 is 2.25 bits per heavy atom. The molecule has 0 radical (unpaired) electrons. The van der Waals surface area contributed by atoms with Crippen molar-refractivity contribution in [2.45, 2.75) is 13.0 Å². The molecular formula is C3H6MoO4. The first-order chi connectivity index (χ1) is 3.60. The van der Waals surface area contributed by atoms with E-state index in [1.54, 1.807) is 6.92 Å². The normalized spacial score (nSPS) is 35.4. The molecule has 1 fully saturated rings. The molecule has 48 valence electrons. The molecule has 1 aliphatic rings. The summed E-state index contributed by atoms with van der Waals surface area (Å²) in [6.07, 6.45) is -0.272. The van der Waals surface area contributed by atoms with Gasteiger partial charge in [-0.15, -0.1) is 0 Å². The first-order valence-corrected chi connectivity index (χ1v) is 5.45. The van der Waals surface area contributed by atoms with Gasteiger partial charge in [-0.2, -0.15) is 0 Å². The Bertz CT molecular complexity index is 170. The topological polar surface area (TPSA) is 52.6 Å². The van der Waals surface area contributed by atoms with Crippen LogP contribution in [0.1, 0.15) is 6.92 Å². The van der Waals surface area contributed by atoms with Gasteiger partial charge in [-0.3, -0.25) is 0 Å². The second kappa shape index (κ2) is 1.86. The van der Waals surface area contributed by atoms with E-state index in [1.165, 1.54) is 0 Å². The number of hydrogen-bond acceptors (Lipinski definition) is 4. The maximum atomic E-state index is 10.3. The van der Waals surface area contributed by atoms with Crippen LogP contribution in [-0.2, 0) is 30.3 Å². The Balaban J connectivity index is 2.71. The zero-order valence-electron chi connectivity index (χ0n) is 4.33. The summed E-state index contributed by atoms with van der Waals surface area (Å²) in [5.41, 5.74) is 0. The SMILES string of the molecule is CC1C[O][Mo](=[O])(=[O])[O]1. The predicted molar refractivity (Wildman–Crippen MR) is 17.9 cm³/mol. The van der Waals surface area contributed by atoms with Crippen molar-refractivity contribution < 1.29 is 30.3 Å². The van der Waals surface area contributed by atoms with Gasteiger partial charge in [0.05, 0.1) is 0 Å². The van der Waals surface area contributed by atoms with Crippen molar-refractivity contribution in [2.24, 2.45) is 0 Å². The van der Waals surface area contributed by atoms with Crippen LogP contribution >= 0.6 is 0 Å². The molecule has 0 aromatic rings. The minimum atomic E-state index is -4.57. The molecule has 0 spiro atoms. The van der Waals surface area contributed by atoms with Crippen LogP contribution in [0.4, 0.5) is 0 Å². The van der Waals surface area contributed by atoms with Gasteiger partial charge in [0.2, 0.25) is 0 Å². The van der Waals surface area contributed by atoms with E-state index in [0.29, 0.717) is 0 Å². The summed E-state index contributed by atoms with van der Waals surface area (Å²) >= 11 is -4.57. The van der Waals surface area contributed by atoms with Gasteiger partial charge in [-0.1, -0.05) is 0 Å². The Hall–Kier alpha value is 0.208. The van der Waals surface area contributed by atoms with Crippen LogP contribution in [0.15, 0.2) is 0 Å². The van der Waals surface area contributed by atoms with Crippen LogP contribution in [0, 0.1) is 0 Å². The fourth-order valence-electron chi connectivity index (χ4n) is 0.436. The van der Waals surface area contributed by atoms with Gasteiger partial charge in [-0.05, 0) is 0 Å². The summed E-state index contributed by atoms with van der Waals surface area (Å²) < 4.78 is 29.3. The molecule has 0 aromatic heterocycles. The van der Waals surface area contributed by atoms with E-state index in [4.69, 9.17) is 0 Å². The Morgan fingerprint density at radius 1 is 1.62 bits per heavy atom. The van der Waals surface area contributed by atoms with Crippen LogP contribution in [0.25, 0.3) is 0 Å². The molecule has 1 rings (SSSR count). The summed E-state index contributed by atoms with van der Waals surface area (Å²) in [5.74, 6) is 0. The van der Waals surface area contributed by atoms with Gasteiger partial charge in [0.25, 0.3) is 0 Å². The first kappa shape index (κ1) is 6.33. The van der Waals surface area contributed by atoms with Crippen molar-refractivity contribution in [1.82, 2.24) is 0 Å². The van der Waals surface area contributed by atoms with Crippen molar-refractivity contribution in [3.8, 4) is 0 Å². The molecule has 0 aromatic carbocycles. The Morgan fingerprint density at radius 3 is 2.38 bits per heavy atom. The summed E-state index contributed by atoms with van der Waals surface area (Å²) in [6, 6.07) is 0. The molecule has 1 saturated heterocycles. The third kappa shape index (κ3) is 1.34. The molecule has 0 amide bonds. The van der Waals surface area contributed by atoms with Crippen molar-refractivity contribution in [1.29, 1.82) is 0 Å². The minimum absolute atomic E-state index is 0.189. The van der Waals surface area contributed by atoms with Crippen LogP contribution in [0.3, 0.4) is 0 Å². The molecule has 8 heavy (non-hydrogen) atoms. The third-order valence-electron chi connectivity index (χ3n) is 0.729. The van der Waals surface area contributed by atoms with E-state index in [9.17, 15) is 6.80 Å². The van der Waals surface area contributed by atoms with Gasteiger partial charge < -0.3 is 0 Å². The molecule has 0 N–H and O–H groups in total. The van der Waals surface area contributed by atoms with Gasteiger partial charge >= 0.3 is 50.0 Å². The Kier molecular flexibility index (Phi) is 1.48. The van der Waals surface area contributed by atoms with Gasteiger partial charge in [0, 0.05) is 0 Å². The van der Waals surface area contributed by atoms with Gasteiger partial charge in [0.15, 0.2) is 0 Å². The molecule has 0 saturated carbocycles. The van der Waals surface area contributed by atoms with E-state index in [0.717, 1.165) is 0 Å². The van der Waals surface area contributed by atoms with Crippen molar-refractivity contribution in [3.63, 3.8) is 0 Å². The molecule has 0 bridgehead atoms. The van der Waals surface area contributed by atoms with Crippen LogP contribution in [0.2, 0.25) is 0 Å². The van der Waals surface area contributed by atoms with Crippen LogP contribution < -0.4 is 0 Å². The number of hydrogen-bond donors (Lipinski definition) is 0. The quantitative estimate of drug-likeness (QED) is 0.522. The predicted octanol–water partition coefficient (Wildman–Crippen LogP) is 0.0966. The molecule has 1 heterocycles. The monoisotopic (exact) mass is 204 g/mol. The third-order valence-corrected chi connectivity index (χ3v) is 3.16. The fourth-order valence-corrected chi connectivity index (χ4v) is 2.58. The van der Waals surface area contributed by atoms with E-state index < -0.39 is 16.7 Å². The summed E-state index contributed by atoms with van der Waals surface area (Å²) in [6.45, 7) is 1.84. The van der Waals surface area contributed by atoms with Crippen molar-refractivity contribution in [3.05, 3.63) is 0 Å². The van der Waals surface area contributed by atoms with Crippen molar-refractivity contribution in [2.75, 3.05) is 6.61 Å². The second-order valence-electron chi connectivity index (χ2n) is 1.60. The van der Waals surface area contributed by atoms with E-state index >= 15 is 0 Å². The number of rotatable bonds is 0. The van der Waals surface area contributed by atoms with Gasteiger partial charge in [-0.25, -0.2) is 0 Å². The molecule has 0 aliphatic carbocycles. The van der Waals surface area contributed by atoms with E-state index in [1.807, 2.05) is 0 Å². The summed E-state index contributed by atoms with van der Waals surface area (Å²) in [7, 11) is 0. The van der Waals surface area contributed by atoms with Crippen LogP contribution in [-0.4, -0.2) is 12.7 Å². The molecule has 5 heteroatoms. The molecule has 4 nitrogen and oxygen atoms in total. The summed E-state index contributed by atoms with van der Waals surface area (Å²) in [5, 5.41) is 0.